The Morgan fingerprint density at radius 1 is 1.16 bits per heavy atom. The lowest BCUT2D eigenvalue weighted by Crippen LogP contribution is -2.29. The molecule has 1 aliphatic heterocycles. The minimum Gasteiger partial charge on any atom is -0.351 e. The number of thiazole rings is 1. The molecule has 2 N–H and O–H groups in total. The quantitative estimate of drug-likeness (QED) is 0.272. The number of nitrogens with zero attached hydrogens (tertiary/aromatic N) is 4. The third-order valence-electron chi connectivity index (χ3n) is 6.51. The smallest absolute Gasteiger partial charge is 0.226 e. The van der Waals surface area contributed by atoms with E-state index >= 15 is 0 Å². The number of carbonyl (C=O) groups excluding carboxylic acids is 1. The molecule has 190 valence electrons. The molecular formula is C27H27ClN6OS2. The molecule has 2 atom stereocenters. The largest absolute Gasteiger partial charge is 0.351 e. The van der Waals surface area contributed by atoms with E-state index in [0.29, 0.717) is 15.8 Å². The molecule has 3 aromatic heterocycles. The summed E-state index contributed by atoms with van der Waals surface area (Å²) in [7, 11) is 0. The summed E-state index contributed by atoms with van der Waals surface area (Å²) < 4.78 is 2.17. The zero-order valence-corrected chi connectivity index (χ0v) is 23.3. The van der Waals surface area contributed by atoms with Gasteiger partial charge in [-0.1, -0.05) is 31.5 Å². The van der Waals surface area contributed by atoms with E-state index in [1.54, 1.807) is 17.5 Å². The average Bonchev–Trinajstić information content (AvgIpc) is 3.58. The van der Waals surface area contributed by atoms with Gasteiger partial charge in [0.25, 0.3) is 0 Å². The minimum absolute atomic E-state index is 0.0873. The molecular weight excluding hydrogens is 524 g/mol. The first kappa shape index (κ1) is 25.4. The number of halogens is 1. The first-order chi connectivity index (χ1) is 17.8. The molecule has 1 aromatic carbocycles. The minimum atomic E-state index is -0.186. The zero-order chi connectivity index (χ0) is 26.3. The molecule has 0 bridgehead atoms. The Labute approximate surface area is 230 Å². The Balaban J connectivity index is 1.61. The molecule has 1 saturated heterocycles. The van der Waals surface area contributed by atoms with Crippen LogP contribution in [0.4, 0.5) is 11.4 Å². The van der Waals surface area contributed by atoms with Crippen molar-refractivity contribution in [2.24, 2.45) is 5.92 Å². The van der Waals surface area contributed by atoms with Crippen molar-refractivity contribution in [3.05, 3.63) is 87.9 Å². The maximum absolute atomic E-state index is 12.2. The van der Waals surface area contributed by atoms with E-state index in [1.165, 1.54) is 0 Å². The van der Waals surface area contributed by atoms with Gasteiger partial charge in [0, 0.05) is 40.8 Å². The number of anilines is 2. The zero-order valence-electron chi connectivity index (χ0n) is 20.9. The summed E-state index contributed by atoms with van der Waals surface area (Å²) in [6.45, 7) is 7.88. The summed E-state index contributed by atoms with van der Waals surface area (Å²) in [4.78, 5) is 23.5. The summed E-state index contributed by atoms with van der Waals surface area (Å²) in [5.74, 6) is -0.238. The van der Waals surface area contributed by atoms with Crippen LogP contribution < -0.4 is 15.5 Å². The Morgan fingerprint density at radius 2 is 1.97 bits per heavy atom. The molecule has 37 heavy (non-hydrogen) atoms. The molecule has 1 amide bonds. The Bertz CT molecular complexity index is 1450. The molecule has 0 radical (unpaired) electrons. The number of amides is 1. The van der Waals surface area contributed by atoms with Crippen molar-refractivity contribution in [1.82, 2.24) is 19.9 Å². The van der Waals surface area contributed by atoms with E-state index in [2.05, 4.69) is 50.0 Å². The lowest BCUT2D eigenvalue weighted by molar-refractivity contribution is -0.118. The van der Waals surface area contributed by atoms with Gasteiger partial charge in [-0.2, -0.15) is 0 Å². The van der Waals surface area contributed by atoms with Crippen molar-refractivity contribution in [3.8, 4) is 5.13 Å². The number of pyridine rings is 1. The van der Waals surface area contributed by atoms with Crippen molar-refractivity contribution in [2.45, 2.75) is 39.8 Å². The molecule has 1 aliphatic rings. The molecule has 5 rings (SSSR count). The second-order valence-corrected chi connectivity index (χ2v) is 10.9. The number of thiocarbonyl (C=S) groups is 1. The van der Waals surface area contributed by atoms with Crippen LogP contribution in [0.1, 0.15) is 48.6 Å². The van der Waals surface area contributed by atoms with Gasteiger partial charge in [0.2, 0.25) is 5.91 Å². The summed E-state index contributed by atoms with van der Waals surface area (Å²) >= 11 is 14.1. The molecule has 0 spiro atoms. The third-order valence-corrected chi connectivity index (χ3v) is 7.89. The maximum Gasteiger partial charge on any atom is 0.226 e. The molecule has 10 heteroatoms. The first-order valence-electron chi connectivity index (χ1n) is 12.0. The van der Waals surface area contributed by atoms with Crippen LogP contribution >= 0.6 is 35.2 Å². The van der Waals surface area contributed by atoms with E-state index in [0.717, 1.165) is 33.5 Å². The molecule has 1 fully saturated rings. The molecule has 0 saturated carbocycles. The molecule has 7 nitrogen and oxygen atoms in total. The van der Waals surface area contributed by atoms with Crippen molar-refractivity contribution < 1.29 is 4.79 Å². The molecule has 4 aromatic rings. The fourth-order valence-electron chi connectivity index (χ4n) is 4.69. The normalized spacial score (nSPS) is 17.4. The van der Waals surface area contributed by atoms with Crippen LogP contribution in [0.2, 0.25) is 5.02 Å². The SMILES string of the molecule is Cc1cc(C2C(c3ccccn3)NC(=S)N2c2ccc(NC(=O)C(C)C)c(Cl)c2)c(C)n1-c1nccs1. The maximum atomic E-state index is 12.2. The molecule has 4 heterocycles. The highest BCUT2D eigenvalue weighted by Gasteiger charge is 2.42. The number of aryl methyl sites for hydroxylation is 1. The van der Waals surface area contributed by atoms with Crippen LogP contribution in [-0.2, 0) is 4.79 Å². The Kier molecular flexibility index (Phi) is 7.02. The van der Waals surface area contributed by atoms with Crippen LogP contribution in [0.15, 0.2) is 60.2 Å². The van der Waals surface area contributed by atoms with E-state index in [4.69, 9.17) is 23.8 Å². The van der Waals surface area contributed by atoms with Gasteiger partial charge in [0.15, 0.2) is 10.2 Å². The highest BCUT2D eigenvalue weighted by molar-refractivity contribution is 7.80. The predicted molar refractivity (Wildman–Crippen MR) is 154 cm³/mol. The number of rotatable bonds is 6. The van der Waals surface area contributed by atoms with E-state index < -0.39 is 0 Å². The topological polar surface area (TPSA) is 75.1 Å². The molecule has 0 aliphatic carbocycles. The average molecular weight is 551 g/mol. The third kappa shape index (κ3) is 4.74. The number of hydrogen-bond acceptors (Lipinski definition) is 5. The van der Waals surface area contributed by atoms with Crippen LogP contribution in [-0.4, -0.2) is 25.6 Å². The van der Waals surface area contributed by atoms with Gasteiger partial charge in [0.1, 0.15) is 0 Å². The van der Waals surface area contributed by atoms with Crippen molar-refractivity contribution in [2.75, 3.05) is 10.2 Å². The van der Waals surface area contributed by atoms with Gasteiger partial charge in [0.05, 0.1) is 28.5 Å². The Morgan fingerprint density at radius 3 is 2.62 bits per heavy atom. The van der Waals surface area contributed by atoms with E-state index in [-0.39, 0.29) is 23.9 Å². The summed E-state index contributed by atoms with van der Waals surface area (Å²) in [5.41, 5.74) is 5.58. The van der Waals surface area contributed by atoms with Gasteiger partial charge in [-0.05, 0) is 68.0 Å². The second kappa shape index (κ2) is 10.2. The monoisotopic (exact) mass is 550 g/mol. The lowest BCUT2D eigenvalue weighted by Gasteiger charge is -2.28. The number of aromatic nitrogens is 3. The van der Waals surface area contributed by atoms with Crippen LogP contribution in [0.5, 0.6) is 0 Å². The van der Waals surface area contributed by atoms with E-state index in [1.807, 2.05) is 61.8 Å². The summed E-state index contributed by atoms with van der Waals surface area (Å²) in [5, 5.41) is 10.3. The number of nitrogens with one attached hydrogen (secondary N) is 2. The van der Waals surface area contributed by atoms with Crippen molar-refractivity contribution in [3.63, 3.8) is 0 Å². The fourth-order valence-corrected chi connectivity index (χ4v) is 6.01. The fraction of sp³-hybridized carbons (Fsp3) is 0.259. The summed E-state index contributed by atoms with van der Waals surface area (Å²) in [6.07, 6.45) is 3.61. The number of benzene rings is 1. The predicted octanol–water partition coefficient (Wildman–Crippen LogP) is 6.37. The van der Waals surface area contributed by atoms with Crippen LogP contribution in [0, 0.1) is 19.8 Å². The summed E-state index contributed by atoms with van der Waals surface area (Å²) in [6, 6.07) is 13.3. The highest BCUT2D eigenvalue weighted by Crippen LogP contribution is 2.44. The van der Waals surface area contributed by atoms with Crippen LogP contribution in [0.3, 0.4) is 0 Å². The van der Waals surface area contributed by atoms with Gasteiger partial charge in [-0.25, -0.2) is 4.98 Å². The van der Waals surface area contributed by atoms with Gasteiger partial charge < -0.3 is 15.5 Å². The number of hydrogen-bond donors (Lipinski definition) is 2. The second-order valence-electron chi connectivity index (χ2n) is 9.28. The lowest BCUT2D eigenvalue weighted by atomic mass is 9.96. The van der Waals surface area contributed by atoms with E-state index in [9.17, 15) is 4.79 Å². The number of carbonyl (C=O) groups is 1. The standard InChI is InChI=1S/C27H27ClN6OS2/c1-15(2)25(35)31-21-9-8-18(14-20(21)28)34-24(23(32-26(34)36)22-7-5-6-10-29-22)19-13-16(3)33(17(19)4)27-30-11-12-37-27/h5-15,23-24H,1-4H3,(H,31,35)(H,32,36). The Hall–Kier alpha value is -3.27. The first-order valence-corrected chi connectivity index (χ1v) is 13.6. The molecule has 2 unspecified atom stereocenters. The van der Waals surface area contributed by atoms with Crippen molar-refractivity contribution >= 4 is 57.5 Å². The van der Waals surface area contributed by atoms with Gasteiger partial charge in [-0.3, -0.25) is 14.3 Å². The van der Waals surface area contributed by atoms with Crippen LogP contribution in [0.25, 0.3) is 5.13 Å². The van der Waals surface area contributed by atoms with Gasteiger partial charge >= 0.3 is 0 Å². The highest BCUT2D eigenvalue weighted by atomic mass is 35.5. The van der Waals surface area contributed by atoms with Crippen molar-refractivity contribution in [1.29, 1.82) is 0 Å². The van der Waals surface area contributed by atoms with Gasteiger partial charge in [-0.15, -0.1) is 11.3 Å².